The van der Waals surface area contributed by atoms with Gasteiger partial charge in [-0.25, -0.2) is 14.4 Å². The van der Waals surface area contributed by atoms with E-state index in [2.05, 4.69) is 5.32 Å². The van der Waals surface area contributed by atoms with Gasteiger partial charge < -0.3 is 20.3 Å². The van der Waals surface area contributed by atoms with Gasteiger partial charge in [-0.05, 0) is 24.3 Å². The van der Waals surface area contributed by atoms with Crippen LogP contribution < -0.4 is 11.0 Å². The van der Waals surface area contributed by atoms with E-state index in [1.165, 1.54) is 0 Å². The molecule has 2 aromatic carbocycles. The van der Waals surface area contributed by atoms with Crippen LogP contribution in [0.4, 0.5) is 0 Å². The van der Waals surface area contributed by atoms with Gasteiger partial charge in [-0.1, -0.05) is 30.3 Å². The minimum absolute atomic E-state index is 0.0217. The van der Waals surface area contributed by atoms with E-state index < -0.39 is 11.9 Å². The molecule has 2 heterocycles. The number of nitrogens with zero attached hydrogens (tertiary/aromatic N) is 2. The summed E-state index contributed by atoms with van der Waals surface area (Å²) in [7, 11) is 0. The predicted octanol–water partition coefficient (Wildman–Crippen LogP) is 1.49. The summed E-state index contributed by atoms with van der Waals surface area (Å²) in [6.07, 6.45) is 1.14. The lowest BCUT2D eigenvalue weighted by Crippen LogP contribution is -2.42. The molecule has 0 amide bonds. The highest BCUT2D eigenvalue weighted by atomic mass is 16.5. The number of ether oxygens (including phenoxy) is 1. The largest absolute Gasteiger partial charge is 0.478 e. The van der Waals surface area contributed by atoms with Crippen molar-refractivity contribution in [2.45, 2.75) is 12.6 Å². The van der Waals surface area contributed by atoms with Crippen LogP contribution in [0.15, 0.2) is 71.5 Å². The molecule has 0 aliphatic carbocycles. The molecule has 1 aliphatic rings. The van der Waals surface area contributed by atoms with Crippen molar-refractivity contribution in [2.75, 3.05) is 19.7 Å². The lowest BCUT2D eigenvalue weighted by molar-refractivity contribution is -0.134. The Morgan fingerprint density at radius 3 is 2.19 bits per heavy atom. The molecular formula is C22H23N3O6. The van der Waals surface area contributed by atoms with Crippen LogP contribution in [0.3, 0.4) is 0 Å². The topological polar surface area (TPSA) is 123 Å². The fourth-order valence-electron chi connectivity index (χ4n) is 3.29. The number of carboxylic acid groups (broad SMARTS) is 2. The second-order valence-corrected chi connectivity index (χ2v) is 6.76. The first-order valence-corrected chi connectivity index (χ1v) is 9.69. The fourth-order valence-corrected chi connectivity index (χ4v) is 3.29. The van der Waals surface area contributed by atoms with Crippen LogP contribution in [0.25, 0.3) is 16.7 Å². The van der Waals surface area contributed by atoms with Gasteiger partial charge in [-0.3, -0.25) is 9.13 Å². The van der Waals surface area contributed by atoms with Gasteiger partial charge in [0.15, 0.2) is 0 Å². The van der Waals surface area contributed by atoms with Crippen LogP contribution in [0, 0.1) is 0 Å². The molecule has 1 aromatic heterocycles. The standard InChI is InChI=1S/C18H19N3O2.C4H4O4/c22-18-20(13-15-12-19-10-11-23-15)16-8-4-5-9-17(16)21(18)14-6-2-1-3-7-14;5-3(6)1-2-4(7)8/h1-9,15,19H,10-13H2;1-2H,(H,5,6)(H,7,8)/b;2-1-. The Bertz CT molecular complexity index is 1110. The third-order valence-corrected chi connectivity index (χ3v) is 4.61. The highest BCUT2D eigenvalue weighted by Crippen LogP contribution is 2.18. The van der Waals surface area contributed by atoms with E-state index in [-0.39, 0.29) is 11.8 Å². The zero-order valence-corrected chi connectivity index (χ0v) is 16.7. The number of aromatic nitrogens is 2. The Hall–Kier alpha value is -3.69. The lowest BCUT2D eigenvalue weighted by atomic mass is 10.2. The third-order valence-electron chi connectivity index (χ3n) is 4.61. The summed E-state index contributed by atoms with van der Waals surface area (Å²) in [6.45, 7) is 2.90. The number of rotatable bonds is 5. The zero-order chi connectivity index (χ0) is 22.2. The summed E-state index contributed by atoms with van der Waals surface area (Å²) < 4.78 is 9.36. The molecular weight excluding hydrogens is 402 g/mol. The van der Waals surface area contributed by atoms with Gasteiger partial charge in [0.1, 0.15) is 0 Å². The normalized spacial score (nSPS) is 16.1. The molecule has 3 aromatic rings. The summed E-state index contributed by atoms with van der Waals surface area (Å²) in [5.41, 5.74) is 2.73. The van der Waals surface area contributed by atoms with Gasteiger partial charge >= 0.3 is 17.6 Å². The first-order chi connectivity index (χ1) is 15.0. The number of nitrogens with one attached hydrogen (secondary N) is 1. The van der Waals surface area contributed by atoms with Crippen molar-refractivity contribution in [1.82, 2.24) is 14.5 Å². The molecule has 0 bridgehead atoms. The van der Waals surface area contributed by atoms with Crippen molar-refractivity contribution in [2.24, 2.45) is 0 Å². The van der Waals surface area contributed by atoms with Gasteiger partial charge in [0, 0.05) is 25.2 Å². The summed E-state index contributed by atoms with van der Waals surface area (Å²) in [5, 5.41) is 18.9. The molecule has 1 saturated heterocycles. The number of hydrogen-bond acceptors (Lipinski definition) is 5. The van der Waals surface area contributed by atoms with E-state index in [4.69, 9.17) is 14.9 Å². The van der Waals surface area contributed by atoms with Crippen molar-refractivity contribution < 1.29 is 24.5 Å². The van der Waals surface area contributed by atoms with E-state index >= 15 is 0 Å². The molecule has 0 spiro atoms. The minimum atomic E-state index is -1.26. The monoisotopic (exact) mass is 425 g/mol. The predicted molar refractivity (Wildman–Crippen MR) is 115 cm³/mol. The third kappa shape index (κ3) is 5.68. The van der Waals surface area contributed by atoms with Crippen LogP contribution in [0.5, 0.6) is 0 Å². The van der Waals surface area contributed by atoms with Crippen molar-refractivity contribution in [3.8, 4) is 5.69 Å². The van der Waals surface area contributed by atoms with Crippen molar-refractivity contribution in [3.05, 3.63) is 77.2 Å². The molecule has 0 saturated carbocycles. The second-order valence-electron chi connectivity index (χ2n) is 6.76. The highest BCUT2D eigenvalue weighted by Gasteiger charge is 2.19. The average molecular weight is 425 g/mol. The quantitative estimate of drug-likeness (QED) is 0.529. The van der Waals surface area contributed by atoms with Crippen molar-refractivity contribution >= 4 is 23.0 Å². The van der Waals surface area contributed by atoms with E-state index in [1.54, 1.807) is 4.57 Å². The lowest BCUT2D eigenvalue weighted by Gasteiger charge is -2.23. The zero-order valence-electron chi connectivity index (χ0n) is 16.7. The van der Waals surface area contributed by atoms with E-state index in [0.29, 0.717) is 25.3 Å². The molecule has 1 aliphatic heterocycles. The number of benzene rings is 2. The average Bonchev–Trinajstić information content (AvgIpc) is 3.05. The number of hydrogen-bond donors (Lipinski definition) is 3. The molecule has 162 valence electrons. The van der Waals surface area contributed by atoms with Crippen LogP contribution >= 0.6 is 0 Å². The highest BCUT2D eigenvalue weighted by molar-refractivity contribution is 5.89. The Morgan fingerprint density at radius 2 is 1.61 bits per heavy atom. The molecule has 0 radical (unpaired) electrons. The Kier molecular flexibility index (Phi) is 7.36. The van der Waals surface area contributed by atoms with Gasteiger partial charge in [-0.2, -0.15) is 0 Å². The van der Waals surface area contributed by atoms with Crippen molar-refractivity contribution in [1.29, 1.82) is 0 Å². The Morgan fingerprint density at radius 1 is 1.00 bits per heavy atom. The van der Waals surface area contributed by atoms with Gasteiger partial charge in [-0.15, -0.1) is 0 Å². The molecule has 4 rings (SSSR count). The van der Waals surface area contributed by atoms with Crippen molar-refractivity contribution in [3.63, 3.8) is 0 Å². The van der Waals surface area contributed by atoms with Crippen LogP contribution in [0.2, 0.25) is 0 Å². The number of aliphatic carboxylic acids is 2. The fraction of sp³-hybridized carbons (Fsp3) is 0.227. The Labute approximate surface area is 177 Å². The first-order valence-electron chi connectivity index (χ1n) is 9.69. The van der Waals surface area contributed by atoms with Gasteiger partial charge in [0.05, 0.1) is 36.0 Å². The maximum absolute atomic E-state index is 13.0. The first kappa shape index (κ1) is 22.0. The van der Waals surface area contributed by atoms with Crippen LogP contribution in [0.1, 0.15) is 0 Å². The minimum Gasteiger partial charge on any atom is -0.478 e. The van der Waals surface area contributed by atoms with Gasteiger partial charge in [0.2, 0.25) is 0 Å². The molecule has 1 unspecified atom stereocenters. The summed E-state index contributed by atoms with van der Waals surface area (Å²) >= 11 is 0. The van der Waals surface area contributed by atoms with Crippen LogP contribution in [-0.4, -0.2) is 57.1 Å². The number of imidazole rings is 1. The molecule has 1 atom stereocenters. The van der Waals surface area contributed by atoms with Crippen LogP contribution in [-0.2, 0) is 20.9 Å². The van der Waals surface area contributed by atoms with E-state index in [0.717, 1.165) is 29.8 Å². The molecule has 3 N–H and O–H groups in total. The molecule has 9 heteroatoms. The maximum Gasteiger partial charge on any atom is 0.333 e. The Balaban J connectivity index is 0.000000293. The molecule has 9 nitrogen and oxygen atoms in total. The molecule has 31 heavy (non-hydrogen) atoms. The number of fused-ring (bicyclic) bond motifs is 1. The maximum atomic E-state index is 13.0. The summed E-state index contributed by atoms with van der Waals surface area (Å²) in [5.74, 6) is -2.51. The second kappa shape index (κ2) is 10.4. The number of carboxylic acids is 2. The summed E-state index contributed by atoms with van der Waals surface area (Å²) in [4.78, 5) is 32.1. The summed E-state index contributed by atoms with van der Waals surface area (Å²) in [6, 6.07) is 17.7. The van der Waals surface area contributed by atoms with E-state index in [1.807, 2.05) is 59.2 Å². The SMILES string of the molecule is O=C(O)/C=C\C(=O)O.O=c1n(CC2CNCCO2)c2ccccc2n1-c1ccccc1. The number of morpholine rings is 1. The number of para-hydroxylation sites is 3. The number of carbonyl (C=O) groups is 2. The smallest absolute Gasteiger partial charge is 0.333 e. The molecule has 1 fully saturated rings. The van der Waals surface area contributed by atoms with Gasteiger partial charge in [0.25, 0.3) is 0 Å². The van der Waals surface area contributed by atoms with E-state index in [9.17, 15) is 14.4 Å².